The molecule has 0 amide bonds. The third-order valence-corrected chi connectivity index (χ3v) is 16.9. The predicted octanol–water partition coefficient (Wildman–Crippen LogP) is 21.4. The minimum absolute atomic E-state index is 0.135. The molecule has 9 rings (SSSR count). The van der Waals surface area contributed by atoms with Crippen LogP contribution in [0.3, 0.4) is 0 Å². The summed E-state index contributed by atoms with van der Waals surface area (Å²) in [5.41, 5.74) is 12.4. The topological polar surface area (TPSA) is 57.4 Å². The van der Waals surface area contributed by atoms with Crippen LogP contribution in [-0.4, -0.2) is 19.9 Å². The smallest absolute Gasteiger partial charge is 0.0939 e. The van der Waals surface area contributed by atoms with Gasteiger partial charge in [-0.15, -0.1) is 0 Å². The van der Waals surface area contributed by atoms with Crippen molar-refractivity contribution in [2.75, 3.05) is 0 Å². The Balaban J connectivity index is 1.57. The summed E-state index contributed by atoms with van der Waals surface area (Å²) in [7, 11) is 0. The van der Waals surface area contributed by atoms with Gasteiger partial charge in [0.05, 0.1) is 85.1 Å². The summed E-state index contributed by atoms with van der Waals surface area (Å²) < 4.78 is 0. The van der Waals surface area contributed by atoms with E-state index in [1.54, 1.807) is 0 Å². The maximum Gasteiger partial charge on any atom is 0.0939 e. The number of nitrogens with one attached hydrogen (secondary N) is 2. The summed E-state index contributed by atoms with van der Waals surface area (Å²) in [5.74, 6) is 0. The number of aromatic amines is 2. The van der Waals surface area contributed by atoms with Crippen LogP contribution in [0.5, 0.6) is 0 Å². The van der Waals surface area contributed by atoms with Crippen LogP contribution in [0.2, 0.25) is 20.1 Å². The number of H-pyrrole nitrogens is 2. The molecule has 2 aliphatic heterocycles. The second kappa shape index (κ2) is 18.9. The van der Waals surface area contributed by atoms with Crippen LogP contribution < -0.4 is 0 Å². The van der Waals surface area contributed by atoms with E-state index in [4.69, 9.17) is 103 Å². The van der Waals surface area contributed by atoms with E-state index in [9.17, 15) is 0 Å². The third-order valence-electron chi connectivity index (χ3n) is 13.5. The number of hydrogen-bond donors (Lipinski definition) is 2. The van der Waals surface area contributed by atoms with Gasteiger partial charge in [-0.1, -0.05) is 273 Å². The van der Waals surface area contributed by atoms with Crippen LogP contribution in [0, 0.1) is 0 Å². The molecular formula is C60H54Cl8N4. The van der Waals surface area contributed by atoms with Crippen molar-refractivity contribution in [3.05, 3.63) is 162 Å². The van der Waals surface area contributed by atoms with Crippen LogP contribution in [0.1, 0.15) is 128 Å². The van der Waals surface area contributed by atoms with Crippen molar-refractivity contribution < 1.29 is 0 Å². The summed E-state index contributed by atoms with van der Waals surface area (Å²) in [6.07, 6.45) is 0. The monoisotopic (exact) mass is 1110 g/mol. The Morgan fingerprint density at radius 3 is 0.597 bits per heavy atom. The van der Waals surface area contributed by atoms with Crippen molar-refractivity contribution in [1.29, 1.82) is 0 Å². The van der Waals surface area contributed by atoms with Crippen molar-refractivity contribution in [3.63, 3.8) is 0 Å². The molecule has 0 fully saturated rings. The van der Waals surface area contributed by atoms with Gasteiger partial charge in [-0.3, -0.25) is 0 Å². The number of rotatable bonds is 4. The van der Waals surface area contributed by atoms with Crippen LogP contribution in [-0.2, 0) is 21.7 Å². The number of benzene rings is 4. The van der Waals surface area contributed by atoms with E-state index in [0.717, 1.165) is 44.5 Å². The number of hydrogen-bond acceptors (Lipinski definition) is 2. The molecule has 0 saturated heterocycles. The molecule has 0 unspecified atom stereocenters. The van der Waals surface area contributed by atoms with Gasteiger partial charge in [0.2, 0.25) is 0 Å². The van der Waals surface area contributed by atoms with Crippen molar-refractivity contribution in [1.82, 2.24) is 19.9 Å². The third kappa shape index (κ3) is 9.36. The minimum atomic E-state index is -0.135. The highest BCUT2D eigenvalue weighted by Crippen LogP contribution is 2.52. The molecule has 370 valence electrons. The molecule has 8 bridgehead atoms. The first-order valence-electron chi connectivity index (χ1n) is 23.7. The van der Waals surface area contributed by atoms with Crippen molar-refractivity contribution >= 4 is 135 Å². The van der Waals surface area contributed by atoms with Gasteiger partial charge in [-0.05, 0) is 66.2 Å². The average molecular weight is 1110 g/mol. The zero-order chi connectivity index (χ0) is 52.3. The highest BCUT2D eigenvalue weighted by Gasteiger charge is 2.32. The van der Waals surface area contributed by atoms with E-state index >= 15 is 0 Å². The molecule has 0 radical (unpaired) electrons. The Kier molecular flexibility index (Phi) is 13.8. The number of aromatic nitrogens is 4. The molecule has 2 N–H and O–H groups in total. The van der Waals surface area contributed by atoms with E-state index in [-0.39, 0.29) is 61.9 Å². The number of halogens is 8. The lowest BCUT2D eigenvalue weighted by atomic mass is 9.86. The first-order chi connectivity index (χ1) is 33.6. The molecule has 5 heterocycles. The van der Waals surface area contributed by atoms with Crippen molar-refractivity contribution in [3.8, 4) is 44.5 Å². The summed E-state index contributed by atoms with van der Waals surface area (Å²) in [6.45, 7) is 26.0. The Hall–Kier alpha value is -4.20. The zero-order valence-corrected chi connectivity index (χ0v) is 48.2. The summed E-state index contributed by atoms with van der Waals surface area (Å²) >= 11 is 60.4. The van der Waals surface area contributed by atoms with E-state index in [0.29, 0.717) is 67.1 Å². The highest BCUT2D eigenvalue weighted by atomic mass is 35.5. The van der Waals surface area contributed by atoms with E-state index in [2.05, 4.69) is 142 Å². The van der Waals surface area contributed by atoms with Crippen LogP contribution >= 0.6 is 92.8 Å². The lowest BCUT2D eigenvalue weighted by molar-refractivity contribution is 0.590. The Bertz CT molecular complexity index is 3120. The van der Waals surface area contributed by atoms with Crippen molar-refractivity contribution in [2.45, 2.75) is 105 Å². The fourth-order valence-electron chi connectivity index (χ4n) is 9.24. The SMILES string of the molecule is CC(C)(C)c1ccc(-c2c3nc(c(-c4ccc(C(C)(C)C)cc4)c4[nH]c(c(Cl)c4Cl)c(-c4ccc(C(C)(C)C)cc4)c4nc(c(-c5ccc(C(C)(C)C)cc5)c5[nH]c2c(Cl)c5Cl)C(Cl)=C4Cl)C(Cl)=C3Cl)cc1. The molecule has 0 saturated carbocycles. The molecule has 4 nitrogen and oxygen atoms in total. The Labute approximate surface area is 462 Å². The molecule has 0 spiro atoms. The summed E-state index contributed by atoms with van der Waals surface area (Å²) in [4.78, 5) is 18.2. The summed E-state index contributed by atoms with van der Waals surface area (Å²) in [6, 6.07) is 33.0. The fourth-order valence-corrected chi connectivity index (χ4v) is 11.1. The first-order valence-corrected chi connectivity index (χ1v) is 26.7. The first kappa shape index (κ1) is 52.7. The lowest BCUT2D eigenvalue weighted by Crippen LogP contribution is -2.10. The van der Waals surface area contributed by atoms with Gasteiger partial charge >= 0.3 is 0 Å². The molecule has 3 aromatic heterocycles. The molecule has 7 aromatic rings. The van der Waals surface area contributed by atoms with Gasteiger partial charge in [0.25, 0.3) is 0 Å². The van der Waals surface area contributed by atoms with E-state index in [1.807, 2.05) is 48.5 Å². The maximum absolute atomic E-state index is 7.56. The minimum Gasteiger partial charge on any atom is -0.352 e. The molecule has 72 heavy (non-hydrogen) atoms. The maximum atomic E-state index is 7.56. The van der Waals surface area contributed by atoms with E-state index in [1.165, 1.54) is 0 Å². The van der Waals surface area contributed by atoms with E-state index < -0.39 is 0 Å². The zero-order valence-electron chi connectivity index (χ0n) is 42.2. The largest absolute Gasteiger partial charge is 0.352 e. The lowest BCUT2D eigenvalue weighted by Gasteiger charge is -2.19. The average Bonchev–Trinajstić information content (AvgIpc) is 3.97. The quantitative estimate of drug-likeness (QED) is 0.185. The Morgan fingerprint density at radius 2 is 0.444 bits per heavy atom. The van der Waals surface area contributed by atoms with Gasteiger partial charge in [0.15, 0.2) is 0 Å². The standard InChI is InChI=1S/C60H54Cl8N4/c1-57(2,3)33-21-13-29(14-22-33)37-49-41(61)43(63)51(69-49)38(30-15-23-34(24-16-30)58(4,5)6)53-45(65)47(67)55(71-53)40(32-19-27-36(28-20-32)60(10,11)12)56-48(68)46(66)54(72-56)39(52-44(64)42(62)50(37)70-52)31-17-25-35(26-18-31)59(7,8)9/h13-28,69,72H,1-12H3. The van der Waals surface area contributed by atoms with Gasteiger partial charge in [0.1, 0.15) is 0 Å². The molecule has 4 aromatic carbocycles. The normalized spacial score (nSPS) is 13.7. The number of nitrogens with zero attached hydrogens (tertiary/aromatic N) is 2. The van der Waals surface area contributed by atoms with Gasteiger partial charge in [-0.25, -0.2) is 9.97 Å². The molecular weight excluding hydrogens is 1060 g/mol. The summed E-state index contributed by atoms with van der Waals surface area (Å²) in [5, 5.41) is 1.64. The molecule has 0 aliphatic carbocycles. The molecule has 2 aliphatic rings. The molecule has 0 atom stereocenters. The molecule has 12 heteroatoms. The highest BCUT2D eigenvalue weighted by molar-refractivity contribution is 6.67. The fraction of sp³-hybridized carbons (Fsp3) is 0.267. The second-order valence-electron chi connectivity index (χ2n) is 22.7. The van der Waals surface area contributed by atoms with Crippen LogP contribution in [0.4, 0.5) is 0 Å². The van der Waals surface area contributed by atoms with Crippen LogP contribution in [0.15, 0.2) is 97.1 Å². The Morgan fingerprint density at radius 1 is 0.278 bits per heavy atom. The van der Waals surface area contributed by atoms with Crippen molar-refractivity contribution in [2.24, 2.45) is 0 Å². The van der Waals surface area contributed by atoms with Gasteiger partial charge in [-0.2, -0.15) is 0 Å². The predicted molar refractivity (Wildman–Crippen MR) is 315 cm³/mol. The van der Waals surface area contributed by atoms with Crippen LogP contribution in [0.25, 0.3) is 86.7 Å². The second-order valence-corrected chi connectivity index (χ2v) is 25.7. The van der Waals surface area contributed by atoms with Gasteiger partial charge in [0, 0.05) is 22.3 Å². The number of fused-ring (bicyclic) bond motifs is 8. The van der Waals surface area contributed by atoms with Gasteiger partial charge < -0.3 is 9.97 Å².